The Bertz CT molecular complexity index is 712. The molecule has 0 bridgehead atoms. The summed E-state index contributed by atoms with van der Waals surface area (Å²) in [6, 6.07) is 8.99. The van der Waals surface area contributed by atoms with Crippen LogP contribution in [-0.4, -0.2) is 31.8 Å². The Balaban J connectivity index is 1.78. The van der Waals surface area contributed by atoms with Gasteiger partial charge in [-0.3, -0.25) is 4.79 Å². The van der Waals surface area contributed by atoms with Gasteiger partial charge in [-0.15, -0.1) is 11.3 Å². The number of para-hydroxylation sites is 1. The number of carbonyl (C=O) groups excluding carboxylic acids is 1. The molecule has 6 heteroatoms. The maximum absolute atomic E-state index is 12.6. The van der Waals surface area contributed by atoms with Crippen molar-refractivity contribution in [3.05, 3.63) is 46.2 Å². The first-order chi connectivity index (χ1) is 11.6. The van der Waals surface area contributed by atoms with Crippen LogP contribution in [0.15, 0.2) is 35.7 Å². The van der Waals surface area contributed by atoms with Crippen molar-refractivity contribution in [1.82, 2.24) is 5.32 Å². The Kier molecular flexibility index (Phi) is 4.78. The topological polar surface area (TPSA) is 67.8 Å². The van der Waals surface area contributed by atoms with Crippen LogP contribution in [0, 0.1) is 5.92 Å². The molecule has 2 aromatic rings. The van der Waals surface area contributed by atoms with Gasteiger partial charge in [-0.1, -0.05) is 12.1 Å². The second-order valence-corrected chi connectivity index (χ2v) is 6.85. The highest BCUT2D eigenvalue weighted by Crippen LogP contribution is 2.46. The van der Waals surface area contributed by atoms with Gasteiger partial charge >= 0.3 is 0 Å². The Morgan fingerprint density at radius 3 is 2.67 bits per heavy atom. The van der Waals surface area contributed by atoms with Gasteiger partial charge in [0.1, 0.15) is 5.60 Å². The third-order valence-electron chi connectivity index (χ3n) is 4.37. The second kappa shape index (κ2) is 6.83. The van der Waals surface area contributed by atoms with Crippen molar-refractivity contribution in [3.8, 4) is 11.5 Å². The molecule has 1 aliphatic rings. The highest BCUT2D eigenvalue weighted by Gasteiger charge is 2.46. The van der Waals surface area contributed by atoms with Gasteiger partial charge in [0, 0.05) is 4.88 Å². The molecule has 3 rings (SSSR count). The number of nitrogens with one attached hydrogen (secondary N) is 1. The summed E-state index contributed by atoms with van der Waals surface area (Å²) in [6.07, 6.45) is 1.96. The van der Waals surface area contributed by atoms with Crippen LogP contribution in [-0.2, 0) is 5.60 Å². The van der Waals surface area contributed by atoms with Crippen molar-refractivity contribution >= 4 is 17.2 Å². The average Bonchev–Trinajstić information content (AvgIpc) is 3.33. The summed E-state index contributed by atoms with van der Waals surface area (Å²) in [5.74, 6) is 0.800. The number of aliphatic hydroxyl groups is 1. The van der Waals surface area contributed by atoms with E-state index >= 15 is 0 Å². The fourth-order valence-corrected chi connectivity index (χ4v) is 3.80. The zero-order chi connectivity index (χ0) is 17.2. The molecule has 0 radical (unpaired) electrons. The van der Waals surface area contributed by atoms with Crippen LogP contribution in [0.25, 0.3) is 0 Å². The molecular formula is C18H21NO4S. The molecule has 5 nitrogen and oxygen atoms in total. The number of amides is 1. The van der Waals surface area contributed by atoms with Crippen molar-refractivity contribution in [2.45, 2.75) is 18.4 Å². The Hall–Kier alpha value is -2.05. The van der Waals surface area contributed by atoms with Crippen LogP contribution in [0.2, 0.25) is 0 Å². The number of carbonyl (C=O) groups is 1. The standard InChI is InChI=1S/C18H21NO4S/c1-22-14-6-3-5-13(16(14)23-2)17(20)19-11-18(21,12-8-9-12)15-7-4-10-24-15/h3-7,10,12,21H,8-9,11H2,1-2H3,(H,19,20). The number of hydrogen-bond acceptors (Lipinski definition) is 5. The molecule has 1 saturated carbocycles. The number of benzene rings is 1. The van der Waals surface area contributed by atoms with Gasteiger partial charge in [-0.05, 0) is 42.3 Å². The Morgan fingerprint density at radius 1 is 1.29 bits per heavy atom. The largest absolute Gasteiger partial charge is 0.493 e. The lowest BCUT2D eigenvalue weighted by Crippen LogP contribution is -2.42. The van der Waals surface area contributed by atoms with Crippen LogP contribution in [0.5, 0.6) is 11.5 Å². The van der Waals surface area contributed by atoms with Crippen molar-refractivity contribution in [1.29, 1.82) is 0 Å². The third kappa shape index (κ3) is 3.12. The number of ether oxygens (including phenoxy) is 2. The monoisotopic (exact) mass is 347 g/mol. The van der Waals surface area contributed by atoms with Gasteiger partial charge in [0.25, 0.3) is 5.91 Å². The second-order valence-electron chi connectivity index (χ2n) is 5.90. The number of hydrogen-bond donors (Lipinski definition) is 2. The Labute approximate surface area is 145 Å². The minimum Gasteiger partial charge on any atom is -0.493 e. The van der Waals surface area contributed by atoms with E-state index in [1.807, 2.05) is 17.5 Å². The van der Waals surface area contributed by atoms with E-state index in [4.69, 9.17) is 9.47 Å². The molecule has 1 aromatic carbocycles. The average molecular weight is 347 g/mol. The van der Waals surface area contributed by atoms with Crippen LogP contribution in [0.4, 0.5) is 0 Å². The number of thiophene rings is 1. The van der Waals surface area contributed by atoms with E-state index < -0.39 is 5.60 Å². The molecule has 128 valence electrons. The van der Waals surface area contributed by atoms with Crippen molar-refractivity contribution in [2.75, 3.05) is 20.8 Å². The molecule has 1 unspecified atom stereocenters. The number of rotatable bonds is 7. The molecule has 1 fully saturated rings. The minimum absolute atomic E-state index is 0.178. The van der Waals surface area contributed by atoms with E-state index in [1.165, 1.54) is 25.6 Å². The van der Waals surface area contributed by atoms with Gasteiger partial charge < -0.3 is 19.9 Å². The van der Waals surface area contributed by atoms with E-state index in [2.05, 4.69) is 5.32 Å². The molecule has 1 aromatic heterocycles. The van der Waals surface area contributed by atoms with E-state index in [-0.39, 0.29) is 18.4 Å². The van der Waals surface area contributed by atoms with Gasteiger partial charge in [0.2, 0.25) is 0 Å². The first kappa shape index (κ1) is 16.8. The predicted molar refractivity (Wildman–Crippen MR) is 92.8 cm³/mol. The lowest BCUT2D eigenvalue weighted by atomic mass is 9.95. The highest BCUT2D eigenvalue weighted by atomic mass is 32.1. The summed E-state index contributed by atoms with van der Waals surface area (Å²) >= 11 is 1.51. The Morgan fingerprint density at radius 2 is 2.08 bits per heavy atom. The summed E-state index contributed by atoms with van der Waals surface area (Å²) < 4.78 is 10.5. The third-order valence-corrected chi connectivity index (χ3v) is 5.40. The van der Waals surface area contributed by atoms with E-state index in [1.54, 1.807) is 18.2 Å². The summed E-state index contributed by atoms with van der Waals surface area (Å²) in [4.78, 5) is 13.5. The number of methoxy groups -OCH3 is 2. The van der Waals surface area contributed by atoms with E-state index in [0.717, 1.165) is 17.7 Å². The molecule has 0 saturated heterocycles. The SMILES string of the molecule is COc1cccc(C(=O)NCC(O)(c2cccs2)C2CC2)c1OC. The highest BCUT2D eigenvalue weighted by molar-refractivity contribution is 7.10. The molecule has 24 heavy (non-hydrogen) atoms. The van der Waals surface area contributed by atoms with Crippen LogP contribution < -0.4 is 14.8 Å². The van der Waals surface area contributed by atoms with Crippen LogP contribution in [0.1, 0.15) is 28.1 Å². The molecule has 0 aliphatic heterocycles. The zero-order valence-electron chi connectivity index (χ0n) is 13.7. The van der Waals surface area contributed by atoms with Crippen LogP contribution in [0.3, 0.4) is 0 Å². The molecular weight excluding hydrogens is 326 g/mol. The van der Waals surface area contributed by atoms with E-state index in [9.17, 15) is 9.90 Å². The molecule has 1 amide bonds. The van der Waals surface area contributed by atoms with Crippen molar-refractivity contribution < 1.29 is 19.4 Å². The van der Waals surface area contributed by atoms with Gasteiger partial charge in [-0.25, -0.2) is 0 Å². The molecule has 1 atom stereocenters. The normalized spacial score (nSPS) is 16.3. The quantitative estimate of drug-likeness (QED) is 0.808. The fraction of sp³-hybridized carbons (Fsp3) is 0.389. The molecule has 2 N–H and O–H groups in total. The molecule has 1 aliphatic carbocycles. The van der Waals surface area contributed by atoms with Crippen LogP contribution >= 0.6 is 11.3 Å². The predicted octanol–water partition coefficient (Wildman–Crippen LogP) is 2.79. The molecule has 0 spiro atoms. The van der Waals surface area contributed by atoms with Gasteiger partial charge in [0.05, 0.1) is 26.3 Å². The van der Waals surface area contributed by atoms with Crippen molar-refractivity contribution in [3.63, 3.8) is 0 Å². The first-order valence-electron chi connectivity index (χ1n) is 7.85. The lowest BCUT2D eigenvalue weighted by molar-refractivity contribution is 0.0169. The molecule has 1 heterocycles. The van der Waals surface area contributed by atoms with Crippen molar-refractivity contribution in [2.24, 2.45) is 5.92 Å². The maximum atomic E-state index is 12.6. The summed E-state index contributed by atoms with van der Waals surface area (Å²) in [5, 5.41) is 15.9. The zero-order valence-corrected chi connectivity index (χ0v) is 14.6. The summed E-state index contributed by atoms with van der Waals surface area (Å²) in [7, 11) is 3.03. The van der Waals surface area contributed by atoms with Gasteiger partial charge in [0.15, 0.2) is 11.5 Å². The lowest BCUT2D eigenvalue weighted by Gasteiger charge is -2.27. The van der Waals surface area contributed by atoms with Gasteiger partial charge in [-0.2, -0.15) is 0 Å². The fourth-order valence-electron chi connectivity index (χ4n) is 2.89. The maximum Gasteiger partial charge on any atom is 0.255 e. The summed E-state index contributed by atoms with van der Waals surface area (Å²) in [5.41, 5.74) is -0.614. The summed E-state index contributed by atoms with van der Waals surface area (Å²) in [6.45, 7) is 0.178. The first-order valence-corrected chi connectivity index (χ1v) is 8.73. The van der Waals surface area contributed by atoms with E-state index in [0.29, 0.717) is 17.1 Å². The smallest absolute Gasteiger partial charge is 0.255 e. The minimum atomic E-state index is -1.00.